The summed E-state index contributed by atoms with van der Waals surface area (Å²) < 4.78 is 2.33. The number of aromatic carboxylic acids is 1. The third-order valence-electron chi connectivity index (χ3n) is 4.07. The van der Waals surface area contributed by atoms with Crippen molar-refractivity contribution < 1.29 is 9.90 Å². The van der Waals surface area contributed by atoms with Crippen molar-refractivity contribution in [1.29, 1.82) is 0 Å². The fraction of sp³-hybridized carbons (Fsp3) is 0.471. The van der Waals surface area contributed by atoms with Crippen LogP contribution >= 0.6 is 0 Å². The van der Waals surface area contributed by atoms with Crippen molar-refractivity contribution >= 4 is 16.9 Å². The number of hydrogen-bond donors (Lipinski definition) is 1. The van der Waals surface area contributed by atoms with Crippen LogP contribution in [0.5, 0.6) is 0 Å². The summed E-state index contributed by atoms with van der Waals surface area (Å²) in [5, 5.41) is 10.4. The molecule has 0 aliphatic rings. The Morgan fingerprint density at radius 2 is 1.75 bits per heavy atom. The van der Waals surface area contributed by atoms with Crippen LogP contribution in [0.15, 0.2) is 12.1 Å². The first-order valence-electron chi connectivity index (χ1n) is 7.14. The minimum absolute atomic E-state index is 0.294. The van der Waals surface area contributed by atoms with E-state index in [-0.39, 0.29) is 0 Å². The highest BCUT2D eigenvalue weighted by Gasteiger charge is 2.20. The zero-order chi connectivity index (χ0) is 15.2. The molecule has 2 rings (SSSR count). The summed E-state index contributed by atoms with van der Waals surface area (Å²) >= 11 is 0. The molecule has 0 aliphatic heterocycles. The van der Waals surface area contributed by atoms with Crippen LogP contribution in [0.4, 0.5) is 0 Å². The lowest BCUT2D eigenvalue weighted by Gasteiger charge is -2.17. The second kappa shape index (κ2) is 4.97. The van der Waals surface area contributed by atoms with Crippen LogP contribution in [0.1, 0.15) is 66.8 Å². The SMILES string of the molecule is Cc1c(C)n(C(C)C)c2c(C(C)C)cc(C(=O)O)cc12. The molecule has 0 saturated carbocycles. The van der Waals surface area contributed by atoms with Gasteiger partial charge in [0.15, 0.2) is 0 Å². The molecule has 108 valence electrons. The summed E-state index contributed by atoms with van der Waals surface area (Å²) in [6.07, 6.45) is 0. The number of nitrogens with zero attached hydrogens (tertiary/aromatic N) is 1. The predicted molar refractivity (Wildman–Crippen MR) is 82.8 cm³/mol. The molecule has 0 unspecified atom stereocenters. The maximum absolute atomic E-state index is 11.3. The van der Waals surface area contributed by atoms with E-state index in [1.807, 2.05) is 12.1 Å². The lowest BCUT2D eigenvalue weighted by atomic mass is 9.96. The lowest BCUT2D eigenvalue weighted by Crippen LogP contribution is -2.06. The van der Waals surface area contributed by atoms with Crippen molar-refractivity contribution in [1.82, 2.24) is 4.57 Å². The molecule has 20 heavy (non-hydrogen) atoms. The van der Waals surface area contributed by atoms with E-state index in [0.717, 1.165) is 10.9 Å². The molecule has 0 saturated heterocycles. The minimum Gasteiger partial charge on any atom is -0.478 e. The molecule has 3 heteroatoms. The Bertz CT molecular complexity index is 678. The topological polar surface area (TPSA) is 42.2 Å². The van der Waals surface area contributed by atoms with Gasteiger partial charge in [0.2, 0.25) is 0 Å². The summed E-state index contributed by atoms with van der Waals surface area (Å²) in [4.78, 5) is 11.3. The van der Waals surface area contributed by atoms with Gasteiger partial charge in [-0.2, -0.15) is 0 Å². The van der Waals surface area contributed by atoms with Gasteiger partial charge in [0.1, 0.15) is 0 Å². The number of fused-ring (bicyclic) bond motifs is 1. The summed E-state index contributed by atoms with van der Waals surface area (Å²) in [5.74, 6) is -0.564. The van der Waals surface area contributed by atoms with E-state index in [1.54, 1.807) is 0 Å². The van der Waals surface area contributed by atoms with Gasteiger partial charge in [-0.15, -0.1) is 0 Å². The first-order valence-corrected chi connectivity index (χ1v) is 7.14. The average molecular weight is 273 g/mol. The van der Waals surface area contributed by atoms with Crippen LogP contribution in [0.2, 0.25) is 0 Å². The second-order valence-electron chi connectivity index (χ2n) is 6.10. The molecule has 1 heterocycles. The van der Waals surface area contributed by atoms with Crippen molar-refractivity contribution in [3.63, 3.8) is 0 Å². The van der Waals surface area contributed by atoms with Gasteiger partial charge in [-0.3, -0.25) is 0 Å². The van der Waals surface area contributed by atoms with Crippen LogP contribution in [-0.2, 0) is 0 Å². The minimum atomic E-state index is -0.858. The molecule has 0 spiro atoms. The van der Waals surface area contributed by atoms with Gasteiger partial charge in [0.05, 0.1) is 11.1 Å². The van der Waals surface area contributed by atoms with E-state index in [4.69, 9.17) is 0 Å². The molecule has 1 N–H and O–H groups in total. The molecular formula is C17H23NO2. The van der Waals surface area contributed by atoms with E-state index in [9.17, 15) is 9.90 Å². The van der Waals surface area contributed by atoms with Crippen molar-refractivity contribution in [3.8, 4) is 0 Å². The zero-order valence-corrected chi connectivity index (χ0v) is 13.1. The summed E-state index contributed by atoms with van der Waals surface area (Å²) in [7, 11) is 0. The molecule has 0 bridgehead atoms. The fourth-order valence-electron chi connectivity index (χ4n) is 2.96. The monoisotopic (exact) mass is 273 g/mol. The Labute approximate surface area is 120 Å². The smallest absolute Gasteiger partial charge is 0.335 e. The van der Waals surface area contributed by atoms with E-state index in [1.165, 1.54) is 16.8 Å². The maximum atomic E-state index is 11.3. The van der Waals surface area contributed by atoms with Crippen LogP contribution < -0.4 is 0 Å². The fourth-order valence-corrected chi connectivity index (χ4v) is 2.96. The van der Waals surface area contributed by atoms with E-state index >= 15 is 0 Å². The molecule has 0 aliphatic carbocycles. The third kappa shape index (κ3) is 2.11. The summed E-state index contributed by atoms with van der Waals surface area (Å²) in [6, 6.07) is 4.00. The average Bonchev–Trinajstić information content (AvgIpc) is 2.61. The van der Waals surface area contributed by atoms with Crippen molar-refractivity contribution in [2.45, 2.75) is 53.5 Å². The Balaban J connectivity index is 2.98. The summed E-state index contributed by atoms with van der Waals surface area (Å²) in [5.41, 5.74) is 5.09. The standard InChI is InChI=1S/C17H23NO2/c1-9(2)14-7-13(17(19)20)8-15-11(5)12(6)18(10(3)4)16(14)15/h7-10H,1-6H3,(H,19,20). The van der Waals surface area contributed by atoms with Crippen LogP contribution in [0.25, 0.3) is 10.9 Å². The normalized spacial score (nSPS) is 11.8. The van der Waals surface area contributed by atoms with Gasteiger partial charge < -0.3 is 9.67 Å². The number of carboxylic acids is 1. The molecular weight excluding hydrogens is 250 g/mol. The Hall–Kier alpha value is -1.77. The zero-order valence-electron chi connectivity index (χ0n) is 13.1. The molecule has 0 fully saturated rings. The first kappa shape index (κ1) is 14.6. The molecule has 1 aromatic carbocycles. The Kier molecular flexibility index (Phi) is 3.63. The van der Waals surface area contributed by atoms with Crippen molar-refractivity contribution in [2.75, 3.05) is 0 Å². The van der Waals surface area contributed by atoms with Crippen LogP contribution in [0.3, 0.4) is 0 Å². The highest BCUT2D eigenvalue weighted by Crippen LogP contribution is 2.35. The quantitative estimate of drug-likeness (QED) is 0.883. The van der Waals surface area contributed by atoms with Gasteiger partial charge in [-0.25, -0.2) is 4.79 Å². The lowest BCUT2D eigenvalue weighted by molar-refractivity contribution is 0.0697. The van der Waals surface area contributed by atoms with Gasteiger partial charge in [-0.05, 0) is 56.9 Å². The number of carboxylic acid groups (broad SMARTS) is 1. The molecule has 2 aromatic rings. The van der Waals surface area contributed by atoms with Gasteiger partial charge >= 0.3 is 5.97 Å². The Morgan fingerprint density at radius 1 is 1.15 bits per heavy atom. The van der Waals surface area contributed by atoms with E-state index in [2.05, 4.69) is 46.1 Å². The third-order valence-corrected chi connectivity index (χ3v) is 4.07. The maximum Gasteiger partial charge on any atom is 0.335 e. The van der Waals surface area contributed by atoms with Gasteiger partial charge in [0.25, 0.3) is 0 Å². The summed E-state index contributed by atoms with van der Waals surface area (Å²) in [6.45, 7) is 12.7. The molecule has 1 aromatic heterocycles. The highest BCUT2D eigenvalue weighted by molar-refractivity contribution is 5.97. The number of aromatic nitrogens is 1. The molecule has 0 amide bonds. The number of rotatable bonds is 3. The first-order chi connectivity index (χ1) is 9.25. The van der Waals surface area contributed by atoms with Crippen molar-refractivity contribution in [3.05, 3.63) is 34.5 Å². The highest BCUT2D eigenvalue weighted by atomic mass is 16.4. The Morgan fingerprint density at radius 3 is 2.20 bits per heavy atom. The second-order valence-corrected chi connectivity index (χ2v) is 6.10. The number of carbonyl (C=O) groups is 1. The van der Waals surface area contributed by atoms with Gasteiger partial charge in [-0.1, -0.05) is 13.8 Å². The van der Waals surface area contributed by atoms with Crippen LogP contribution in [-0.4, -0.2) is 15.6 Å². The number of benzene rings is 1. The van der Waals surface area contributed by atoms with E-state index in [0.29, 0.717) is 17.5 Å². The van der Waals surface area contributed by atoms with E-state index < -0.39 is 5.97 Å². The predicted octanol–water partition coefficient (Wildman–Crippen LogP) is 4.66. The molecule has 3 nitrogen and oxygen atoms in total. The number of hydrogen-bond acceptors (Lipinski definition) is 1. The largest absolute Gasteiger partial charge is 0.478 e. The molecule has 0 atom stereocenters. The van der Waals surface area contributed by atoms with Gasteiger partial charge in [0, 0.05) is 17.1 Å². The van der Waals surface area contributed by atoms with Crippen molar-refractivity contribution in [2.24, 2.45) is 0 Å². The number of aryl methyl sites for hydroxylation is 1. The van der Waals surface area contributed by atoms with Crippen LogP contribution in [0, 0.1) is 13.8 Å². The molecule has 0 radical (unpaired) electrons.